The van der Waals surface area contributed by atoms with Gasteiger partial charge in [-0.15, -0.1) is 11.3 Å². The molecule has 0 aliphatic heterocycles. The molecule has 10 aromatic rings. The maximum absolute atomic E-state index is 5.92. The molecule has 0 aliphatic carbocycles. The zero-order valence-electron chi connectivity index (χ0n) is 23.2. The maximum Gasteiger partial charge on any atom is 0.167 e. The number of aromatic amines is 1. The quantitative estimate of drug-likeness (QED) is 0.209. The number of benzene rings is 5. The highest BCUT2D eigenvalue weighted by molar-refractivity contribution is 7.21. The predicted molar refractivity (Wildman–Crippen MR) is 179 cm³/mol. The molecule has 5 heterocycles. The minimum Gasteiger partial charge on any atom is -0.356 e. The second-order valence-electron chi connectivity index (χ2n) is 10.7. The van der Waals surface area contributed by atoms with Crippen LogP contribution in [0, 0.1) is 0 Å². The fourth-order valence-corrected chi connectivity index (χ4v) is 7.99. The van der Waals surface area contributed by atoms with E-state index in [2.05, 4.69) is 39.7 Å². The smallest absolute Gasteiger partial charge is 0.167 e. The van der Waals surface area contributed by atoms with Crippen molar-refractivity contribution in [3.63, 3.8) is 0 Å². The molecule has 0 unspecified atom stereocenters. The van der Waals surface area contributed by atoms with Crippen LogP contribution in [-0.2, 0) is 0 Å². The summed E-state index contributed by atoms with van der Waals surface area (Å²) in [6.07, 6.45) is 0. The van der Waals surface area contributed by atoms with Crippen molar-refractivity contribution in [3.8, 4) is 44.5 Å². The number of para-hydroxylation sites is 3. The zero-order valence-corrected chi connectivity index (χ0v) is 24.8. The first kappa shape index (κ1) is 24.7. The molecule has 0 saturated carbocycles. The lowest BCUT2D eigenvalue weighted by molar-refractivity contribution is 0.458. The van der Waals surface area contributed by atoms with Crippen molar-refractivity contribution in [2.75, 3.05) is 0 Å². The van der Waals surface area contributed by atoms with Gasteiger partial charge in [0.25, 0.3) is 0 Å². The van der Waals surface area contributed by atoms with Gasteiger partial charge in [0.2, 0.25) is 0 Å². The van der Waals surface area contributed by atoms with Gasteiger partial charge >= 0.3 is 0 Å². The van der Waals surface area contributed by atoms with E-state index < -0.39 is 0 Å². The van der Waals surface area contributed by atoms with Crippen LogP contribution in [0.1, 0.15) is 0 Å². The molecular weight excluding hydrogens is 601 g/mol. The Hall–Kier alpha value is -5.71. The highest BCUT2D eigenvalue weighted by atomic mass is 32.1. The summed E-state index contributed by atoms with van der Waals surface area (Å²) in [7, 11) is 0. The Morgan fingerprint density at radius 1 is 0.600 bits per heavy atom. The van der Waals surface area contributed by atoms with Crippen molar-refractivity contribution < 1.29 is 9.05 Å². The number of aromatic nitrogens is 6. The van der Waals surface area contributed by atoms with Crippen LogP contribution in [0.4, 0.5) is 0 Å². The van der Waals surface area contributed by atoms with Crippen molar-refractivity contribution >= 4 is 76.0 Å². The van der Waals surface area contributed by atoms with E-state index in [4.69, 9.17) is 23.5 Å². The Bertz CT molecular complexity index is 2720. The number of nitrogens with one attached hydrogen (secondary N) is 1. The van der Waals surface area contributed by atoms with Crippen LogP contribution in [-0.4, -0.2) is 29.9 Å². The molecule has 5 aromatic heterocycles. The summed E-state index contributed by atoms with van der Waals surface area (Å²) < 4.78 is 18.8. The van der Waals surface area contributed by atoms with Crippen molar-refractivity contribution in [1.82, 2.24) is 29.9 Å². The third kappa shape index (κ3) is 3.60. The van der Waals surface area contributed by atoms with Crippen LogP contribution < -0.4 is 0 Å². The molecule has 10 heteroatoms. The molecule has 0 amide bonds. The Morgan fingerprint density at radius 3 is 2.07 bits per heavy atom. The van der Waals surface area contributed by atoms with Crippen molar-refractivity contribution in [3.05, 3.63) is 103 Å². The van der Waals surface area contributed by atoms with Crippen LogP contribution in [0.15, 0.2) is 112 Å². The Kier molecular flexibility index (Phi) is 5.16. The summed E-state index contributed by atoms with van der Waals surface area (Å²) in [6.45, 7) is 0. The lowest BCUT2D eigenvalue weighted by Gasteiger charge is -2.13. The summed E-state index contributed by atoms with van der Waals surface area (Å²) in [5.74, 6) is 0. The fraction of sp³-hybridized carbons (Fsp3) is 0. The molecule has 0 spiro atoms. The van der Waals surface area contributed by atoms with E-state index in [1.807, 2.05) is 78.9 Å². The average molecular weight is 619 g/mol. The van der Waals surface area contributed by atoms with Crippen molar-refractivity contribution in [2.24, 2.45) is 0 Å². The average Bonchev–Trinajstić information content (AvgIpc) is 3.92. The third-order valence-corrected chi connectivity index (χ3v) is 10.1. The normalized spacial score (nSPS) is 12.0. The highest BCUT2D eigenvalue weighted by Crippen LogP contribution is 2.50. The summed E-state index contributed by atoms with van der Waals surface area (Å²) in [6, 6.07) is 34.3. The molecule has 0 radical (unpaired) electrons. The Balaban J connectivity index is 1.42. The van der Waals surface area contributed by atoms with Gasteiger partial charge in [-0.2, -0.15) is 9.47 Å². The molecule has 1 N–H and O–H groups in total. The molecule has 5 aromatic carbocycles. The van der Waals surface area contributed by atoms with E-state index in [0.717, 1.165) is 75.1 Å². The highest BCUT2D eigenvalue weighted by Gasteiger charge is 2.30. The van der Waals surface area contributed by atoms with Gasteiger partial charge < -0.3 is 9.05 Å². The van der Waals surface area contributed by atoms with E-state index in [9.17, 15) is 0 Å². The van der Waals surface area contributed by atoms with Crippen molar-refractivity contribution in [2.45, 2.75) is 0 Å². The first-order chi connectivity index (χ1) is 22.3. The number of hydrogen-bond acceptors (Lipinski definition) is 9. The molecule has 212 valence electrons. The molecule has 0 bridgehead atoms. The van der Waals surface area contributed by atoms with Crippen LogP contribution in [0.5, 0.6) is 0 Å². The van der Waals surface area contributed by atoms with E-state index >= 15 is 0 Å². The van der Waals surface area contributed by atoms with E-state index in [1.165, 1.54) is 11.5 Å². The fourth-order valence-electron chi connectivity index (χ4n) is 6.19. The zero-order chi connectivity index (χ0) is 29.5. The molecule has 8 nitrogen and oxygen atoms in total. The second kappa shape index (κ2) is 9.39. The second-order valence-corrected chi connectivity index (χ2v) is 12.6. The van der Waals surface area contributed by atoms with Gasteiger partial charge in [0.1, 0.15) is 27.8 Å². The summed E-state index contributed by atoms with van der Waals surface area (Å²) >= 11 is 3.10. The number of nitrogens with zero attached hydrogens (tertiary/aromatic N) is 5. The topological polar surface area (TPSA) is 107 Å². The summed E-state index contributed by atoms with van der Waals surface area (Å²) in [5.41, 5.74) is 8.66. The molecule has 10 rings (SSSR count). The number of rotatable bonds is 4. The molecular formula is C35H18N6O2S2. The monoisotopic (exact) mass is 618 g/mol. The minimum atomic E-state index is 0.691. The molecule has 0 saturated heterocycles. The van der Waals surface area contributed by atoms with Gasteiger partial charge in [0.05, 0.1) is 20.4 Å². The number of H-pyrrole nitrogens is 1. The van der Waals surface area contributed by atoms with Crippen molar-refractivity contribution in [1.29, 1.82) is 0 Å². The first-order valence-electron chi connectivity index (χ1n) is 14.3. The van der Waals surface area contributed by atoms with Gasteiger partial charge in [0.15, 0.2) is 11.2 Å². The van der Waals surface area contributed by atoms with Crippen LogP contribution in [0.3, 0.4) is 0 Å². The van der Waals surface area contributed by atoms with E-state index in [-0.39, 0.29) is 0 Å². The summed E-state index contributed by atoms with van der Waals surface area (Å²) in [5, 5.41) is 22.1. The van der Waals surface area contributed by atoms with E-state index in [0.29, 0.717) is 22.6 Å². The standard InChI is InChI=1S/C35H18N6O2S2/c1-5-13-24-18(9-1)31(39-42-24)21-17-23-29(34(38-37-23)33-20-11-3-7-15-26(20)45-41-33)30(35-36-22-12-4-8-16-27(22)44-35)28(21)32-19-10-2-6-14-25(19)43-40-32/h1-17H,(H,37,38). The predicted octanol–water partition coefficient (Wildman–Crippen LogP) is 9.73. The molecule has 45 heavy (non-hydrogen) atoms. The van der Waals surface area contributed by atoms with Crippen LogP contribution in [0.2, 0.25) is 0 Å². The molecule has 0 aliphatic rings. The van der Waals surface area contributed by atoms with Gasteiger partial charge in [-0.25, -0.2) is 4.98 Å². The SMILES string of the molecule is c1ccc2sc(-c3c(-c4noc5ccccc45)c(-c4noc5ccccc45)cc4[nH]nc(-c5nsc6ccccc56)c34)nc2c1. The number of hydrogen-bond donors (Lipinski definition) is 1. The van der Waals surface area contributed by atoms with Crippen LogP contribution in [0.25, 0.3) is 97.6 Å². The lowest BCUT2D eigenvalue weighted by atomic mass is 9.89. The number of fused-ring (bicyclic) bond motifs is 5. The minimum absolute atomic E-state index is 0.691. The Labute approximate surface area is 261 Å². The largest absolute Gasteiger partial charge is 0.356 e. The summed E-state index contributed by atoms with van der Waals surface area (Å²) in [4.78, 5) is 5.19. The first-order valence-corrected chi connectivity index (χ1v) is 15.9. The Morgan fingerprint density at radius 2 is 1.27 bits per heavy atom. The molecule has 0 atom stereocenters. The van der Waals surface area contributed by atoms with Crippen LogP contribution >= 0.6 is 22.9 Å². The maximum atomic E-state index is 5.92. The van der Waals surface area contributed by atoms with E-state index in [1.54, 1.807) is 11.3 Å². The molecule has 0 fully saturated rings. The lowest BCUT2D eigenvalue weighted by Crippen LogP contribution is -1.94. The van der Waals surface area contributed by atoms with Gasteiger partial charge in [-0.3, -0.25) is 5.10 Å². The third-order valence-electron chi connectivity index (χ3n) is 8.21. The van der Waals surface area contributed by atoms with Gasteiger partial charge in [-0.1, -0.05) is 64.9 Å². The van der Waals surface area contributed by atoms with Gasteiger partial charge in [0, 0.05) is 38.2 Å². The number of thiazole rings is 1. The van der Waals surface area contributed by atoms with Gasteiger partial charge in [-0.05, 0) is 60.1 Å².